The summed E-state index contributed by atoms with van der Waals surface area (Å²) in [5.41, 5.74) is 0.701. The third-order valence-electron chi connectivity index (χ3n) is 1.47. The first-order valence-corrected chi connectivity index (χ1v) is 3.52. The number of aromatic nitrogens is 2. The van der Waals surface area contributed by atoms with Crippen molar-refractivity contribution in [2.24, 2.45) is 7.05 Å². The Balaban J connectivity index is 2.67. The summed E-state index contributed by atoms with van der Waals surface area (Å²) in [5, 5.41) is 13.4. The maximum absolute atomic E-state index is 9.39. The number of hydrogen-bond donors (Lipinski definition) is 1. The Morgan fingerprint density at radius 2 is 2.64 bits per heavy atom. The largest absolute Gasteiger partial charge is 0.386 e. The molecule has 1 aromatic heterocycles. The van der Waals surface area contributed by atoms with Gasteiger partial charge in [0.1, 0.15) is 6.10 Å². The van der Waals surface area contributed by atoms with Crippen LogP contribution in [0, 0.1) is 0 Å². The van der Waals surface area contributed by atoms with Gasteiger partial charge in [-0.3, -0.25) is 4.68 Å². The van der Waals surface area contributed by atoms with E-state index in [2.05, 4.69) is 11.7 Å². The van der Waals surface area contributed by atoms with E-state index in [1.54, 1.807) is 16.8 Å². The van der Waals surface area contributed by atoms with E-state index in [1.165, 1.54) is 0 Å². The zero-order valence-corrected chi connectivity index (χ0v) is 6.57. The number of hydrogen-bond acceptors (Lipinski definition) is 2. The van der Waals surface area contributed by atoms with Crippen molar-refractivity contribution in [3.63, 3.8) is 0 Å². The van der Waals surface area contributed by atoms with Gasteiger partial charge in [-0.1, -0.05) is 6.08 Å². The van der Waals surface area contributed by atoms with Crippen LogP contribution < -0.4 is 0 Å². The number of aryl methyl sites for hydroxylation is 1. The fraction of sp³-hybridized carbons (Fsp3) is 0.375. The molecule has 0 aliphatic rings. The van der Waals surface area contributed by atoms with Crippen molar-refractivity contribution in [3.05, 3.63) is 30.6 Å². The zero-order chi connectivity index (χ0) is 8.27. The van der Waals surface area contributed by atoms with Crippen LogP contribution in [0.1, 0.15) is 18.2 Å². The first-order chi connectivity index (χ1) is 5.24. The second-order valence-corrected chi connectivity index (χ2v) is 2.45. The Labute approximate surface area is 66.0 Å². The topological polar surface area (TPSA) is 38.0 Å². The van der Waals surface area contributed by atoms with Crippen molar-refractivity contribution >= 4 is 0 Å². The quantitative estimate of drug-likeness (QED) is 0.657. The minimum absolute atomic E-state index is 0.506. The highest BCUT2D eigenvalue weighted by molar-refractivity contribution is 5.03. The lowest BCUT2D eigenvalue weighted by atomic mass is 10.2. The van der Waals surface area contributed by atoms with Gasteiger partial charge in [0.05, 0.1) is 5.69 Å². The van der Waals surface area contributed by atoms with Crippen molar-refractivity contribution in [2.75, 3.05) is 0 Å². The molecule has 0 aliphatic heterocycles. The van der Waals surface area contributed by atoms with Gasteiger partial charge in [-0.05, 0) is 12.5 Å². The maximum atomic E-state index is 9.39. The van der Waals surface area contributed by atoms with Gasteiger partial charge >= 0.3 is 0 Å². The van der Waals surface area contributed by atoms with Crippen molar-refractivity contribution in [1.82, 2.24) is 9.78 Å². The van der Waals surface area contributed by atoms with Gasteiger partial charge in [0.2, 0.25) is 0 Å². The Bertz CT molecular complexity index is 242. The molecule has 11 heavy (non-hydrogen) atoms. The van der Waals surface area contributed by atoms with Crippen LogP contribution in [-0.4, -0.2) is 14.9 Å². The summed E-state index contributed by atoms with van der Waals surface area (Å²) >= 11 is 0. The Morgan fingerprint density at radius 3 is 3.09 bits per heavy atom. The van der Waals surface area contributed by atoms with Crippen LogP contribution in [0.4, 0.5) is 0 Å². The van der Waals surface area contributed by atoms with Gasteiger partial charge in [0, 0.05) is 13.2 Å². The van der Waals surface area contributed by atoms with Gasteiger partial charge in [0.25, 0.3) is 0 Å². The summed E-state index contributed by atoms with van der Waals surface area (Å²) in [6, 6.07) is 1.80. The number of rotatable bonds is 3. The van der Waals surface area contributed by atoms with E-state index in [0.717, 1.165) is 0 Å². The molecule has 0 fully saturated rings. The van der Waals surface area contributed by atoms with Crippen LogP contribution in [0.25, 0.3) is 0 Å². The highest BCUT2D eigenvalue weighted by Gasteiger charge is 2.06. The van der Waals surface area contributed by atoms with Crippen LogP contribution >= 0.6 is 0 Å². The fourth-order valence-corrected chi connectivity index (χ4v) is 0.889. The molecule has 1 aromatic rings. The molecule has 0 aromatic carbocycles. The lowest BCUT2D eigenvalue weighted by molar-refractivity contribution is 0.176. The van der Waals surface area contributed by atoms with Gasteiger partial charge in [-0.2, -0.15) is 5.10 Å². The average molecular weight is 152 g/mol. The van der Waals surface area contributed by atoms with Gasteiger partial charge in [-0.15, -0.1) is 6.58 Å². The van der Waals surface area contributed by atoms with E-state index in [4.69, 9.17) is 0 Å². The van der Waals surface area contributed by atoms with E-state index >= 15 is 0 Å². The number of aliphatic hydroxyl groups excluding tert-OH is 1. The molecule has 1 unspecified atom stereocenters. The van der Waals surface area contributed by atoms with E-state index < -0.39 is 6.10 Å². The molecule has 0 saturated carbocycles. The van der Waals surface area contributed by atoms with Crippen LogP contribution in [0.2, 0.25) is 0 Å². The van der Waals surface area contributed by atoms with E-state index in [1.807, 2.05) is 13.2 Å². The molecule has 0 radical (unpaired) electrons. The minimum Gasteiger partial charge on any atom is -0.386 e. The van der Waals surface area contributed by atoms with E-state index in [0.29, 0.717) is 12.1 Å². The van der Waals surface area contributed by atoms with Crippen LogP contribution in [0.3, 0.4) is 0 Å². The Hall–Kier alpha value is -1.09. The molecule has 1 atom stereocenters. The molecule has 0 saturated heterocycles. The van der Waals surface area contributed by atoms with Crippen molar-refractivity contribution < 1.29 is 5.11 Å². The third-order valence-corrected chi connectivity index (χ3v) is 1.47. The maximum Gasteiger partial charge on any atom is 0.101 e. The Kier molecular flexibility index (Phi) is 2.44. The zero-order valence-electron chi connectivity index (χ0n) is 6.57. The molecule has 60 valence electrons. The first kappa shape index (κ1) is 8.01. The van der Waals surface area contributed by atoms with Crippen LogP contribution in [-0.2, 0) is 7.05 Å². The summed E-state index contributed by atoms with van der Waals surface area (Å²) < 4.78 is 1.67. The van der Waals surface area contributed by atoms with Crippen molar-refractivity contribution in [2.45, 2.75) is 12.5 Å². The third kappa shape index (κ3) is 1.91. The van der Waals surface area contributed by atoms with Gasteiger partial charge < -0.3 is 5.11 Å². The minimum atomic E-state index is -0.506. The second kappa shape index (κ2) is 3.34. The summed E-state index contributed by atoms with van der Waals surface area (Å²) in [5.74, 6) is 0. The highest BCUT2D eigenvalue weighted by Crippen LogP contribution is 2.13. The summed E-state index contributed by atoms with van der Waals surface area (Å²) in [6.45, 7) is 3.54. The molecule has 1 N–H and O–H groups in total. The number of nitrogens with zero attached hydrogens (tertiary/aromatic N) is 2. The summed E-state index contributed by atoms with van der Waals surface area (Å²) in [4.78, 5) is 0. The van der Waals surface area contributed by atoms with Gasteiger partial charge in [0.15, 0.2) is 0 Å². The standard InChI is InChI=1S/C8H12N2O/c1-3-4-8(11)7-5-6-10(2)9-7/h3,5-6,8,11H,1,4H2,2H3. The lowest BCUT2D eigenvalue weighted by Crippen LogP contribution is -1.98. The molecule has 0 aliphatic carbocycles. The van der Waals surface area contributed by atoms with E-state index in [9.17, 15) is 5.11 Å². The summed E-state index contributed by atoms with van der Waals surface area (Å²) in [7, 11) is 1.82. The second-order valence-electron chi connectivity index (χ2n) is 2.45. The SMILES string of the molecule is C=CCC(O)c1ccn(C)n1. The van der Waals surface area contributed by atoms with Crippen LogP contribution in [0.15, 0.2) is 24.9 Å². The summed E-state index contributed by atoms with van der Waals surface area (Å²) in [6.07, 6.45) is 3.53. The van der Waals surface area contributed by atoms with Crippen molar-refractivity contribution in [3.8, 4) is 0 Å². The van der Waals surface area contributed by atoms with Crippen molar-refractivity contribution in [1.29, 1.82) is 0 Å². The molecule has 0 amide bonds. The predicted octanol–water partition coefficient (Wildman–Crippen LogP) is 1.03. The first-order valence-electron chi connectivity index (χ1n) is 3.52. The Morgan fingerprint density at radius 1 is 1.91 bits per heavy atom. The van der Waals surface area contributed by atoms with E-state index in [-0.39, 0.29) is 0 Å². The molecule has 3 heteroatoms. The highest BCUT2D eigenvalue weighted by atomic mass is 16.3. The molecule has 0 bridgehead atoms. The fourth-order valence-electron chi connectivity index (χ4n) is 0.889. The number of aliphatic hydroxyl groups is 1. The molecule has 3 nitrogen and oxygen atoms in total. The lowest BCUT2D eigenvalue weighted by Gasteiger charge is -2.01. The normalized spacial score (nSPS) is 12.9. The average Bonchev–Trinajstić information content (AvgIpc) is 2.36. The monoisotopic (exact) mass is 152 g/mol. The molecule has 1 rings (SSSR count). The molecular weight excluding hydrogens is 140 g/mol. The smallest absolute Gasteiger partial charge is 0.101 e. The predicted molar refractivity (Wildman–Crippen MR) is 43.0 cm³/mol. The molecule has 1 heterocycles. The van der Waals surface area contributed by atoms with Gasteiger partial charge in [-0.25, -0.2) is 0 Å². The molecule has 0 spiro atoms. The van der Waals surface area contributed by atoms with Crippen LogP contribution in [0.5, 0.6) is 0 Å². The molecular formula is C8H12N2O.